The number of aromatic nitrogens is 1. The molecule has 0 aliphatic carbocycles. The highest BCUT2D eigenvalue weighted by Crippen LogP contribution is 2.15. The Kier molecular flexibility index (Phi) is 3.19. The van der Waals surface area contributed by atoms with Crippen LogP contribution in [0.2, 0.25) is 0 Å². The van der Waals surface area contributed by atoms with Crippen LogP contribution in [0.1, 0.15) is 23.2 Å². The van der Waals surface area contributed by atoms with Gasteiger partial charge in [0, 0.05) is 29.7 Å². The molecule has 0 atom stereocenters. The minimum absolute atomic E-state index is 0.0723. The van der Waals surface area contributed by atoms with Crippen LogP contribution in [0.15, 0.2) is 22.9 Å². The molecular formula is C10H7BrN2O4. The number of amides is 2. The van der Waals surface area contributed by atoms with E-state index in [0.717, 1.165) is 0 Å². The molecule has 6 nitrogen and oxygen atoms in total. The first kappa shape index (κ1) is 11.7. The predicted octanol–water partition coefficient (Wildman–Crippen LogP) is 1.06. The highest BCUT2D eigenvalue weighted by atomic mass is 79.9. The van der Waals surface area contributed by atoms with Gasteiger partial charge in [-0.05, 0) is 22.0 Å². The van der Waals surface area contributed by atoms with E-state index in [1.165, 1.54) is 18.5 Å². The van der Waals surface area contributed by atoms with Crippen molar-refractivity contribution in [1.82, 2.24) is 10.0 Å². The summed E-state index contributed by atoms with van der Waals surface area (Å²) < 4.78 is 0.603. The SMILES string of the molecule is O=C(ON1C(=O)CCC1=O)c1cncc(Br)c1. The maximum absolute atomic E-state index is 11.6. The van der Waals surface area contributed by atoms with Crippen LogP contribution in [0.4, 0.5) is 0 Å². The molecule has 1 fully saturated rings. The van der Waals surface area contributed by atoms with Crippen molar-refractivity contribution in [2.75, 3.05) is 0 Å². The Balaban J connectivity index is 2.12. The molecule has 1 aliphatic rings. The van der Waals surface area contributed by atoms with E-state index in [-0.39, 0.29) is 18.4 Å². The molecule has 0 bridgehead atoms. The second kappa shape index (κ2) is 4.62. The summed E-state index contributed by atoms with van der Waals surface area (Å²) in [7, 11) is 0. The van der Waals surface area contributed by atoms with Crippen LogP contribution >= 0.6 is 15.9 Å². The summed E-state index contributed by atoms with van der Waals surface area (Å²) in [5.41, 5.74) is 0.159. The smallest absolute Gasteiger partial charge is 0.325 e. The number of carbonyl (C=O) groups is 3. The van der Waals surface area contributed by atoms with Crippen LogP contribution in [0.25, 0.3) is 0 Å². The quantitative estimate of drug-likeness (QED) is 0.763. The van der Waals surface area contributed by atoms with Gasteiger partial charge in [-0.15, -0.1) is 5.06 Å². The van der Waals surface area contributed by atoms with E-state index in [9.17, 15) is 14.4 Å². The number of hydroxylamine groups is 2. The average Bonchev–Trinajstić information content (AvgIpc) is 2.61. The minimum atomic E-state index is -0.789. The Morgan fingerprint density at radius 3 is 2.53 bits per heavy atom. The van der Waals surface area contributed by atoms with E-state index in [1.54, 1.807) is 0 Å². The lowest BCUT2D eigenvalue weighted by Gasteiger charge is -2.12. The zero-order valence-electron chi connectivity index (χ0n) is 8.55. The Morgan fingerprint density at radius 1 is 1.29 bits per heavy atom. The van der Waals surface area contributed by atoms with Gasteiger partial charge in [-0.1, -0.05) is 0 Å². The molecule has 1 saturated heterocycles. The van der Waals surface area contributed by atoms with Crippen molar-refractivity contribution in [3.63, 3.8) is 0 Å². The monoisotopic (exact) mass is 298 g/mol. The van der Waals surface area contributed by atoms with Crippen molar-refractivity contribution in [3.8, 4) is 0 Å². The second-order valence-electron chi connectivity index (χ2n) is 3.35. The Labute approximate surface area is 105 Å². The van der Waals surface area contributed by atoms with Gasteiger partial charge in [0.15, 0.2) is 0 Å². The summed E-state index contributed by atoms with van der Waals surface area (Å²) in [6.07, 6.45) is 2.94. The molecule has 0 unspecified atom stereocenters. The van der Waals surface area contributed by atoms with Crippen molar-refractivity contribution in [2.24, 2.45) is 0 Å². The minimum Gasteiger partial charge on any atom is -0.325 e. The lowest BCUT2D eigenvalue weighted by Crippen LogP contribution is -2.32. The molecule has 2 amide bonds. The van der Waals surface area contributed by atoms with E-state index in [0.29, 0.717) is 9.54 Å². The van der Waals surface area contributed by atoms with Crippen LogP contribution in [0.5, 0.6) is 0 Å². The first-order valence-electron chi connectivity index (χ1n) is 4.76. The maximum Gasteiger partial charge on any atom is 0.365 e. The van der Waals surface area contributed by atoms with Crippen LogP contribution < -0.4 is 0 Å². The summed E-state index contributed by atoms with van der Waals surface area (Å²) in [4.78, 5) is 42.6. The standard InChI is InChI=1S/C10H7BrN2O4/c11-7-3-6(4-12-5-7)10(16)17-13-8(14)1-2-9(13)15/h3-5H,1-2H2. The van der Waals surface area contributed by atoms with Crippen LogP contribution in [0.3, 0.4) is 0 Å². The number of carbonyl (C=O) groups excluding carboxylic acids is 3. The fraction of sp³-hybridized carbons (Fsp3) is 0.200. The molecule has 0 N–H and O–H groups in total. The van der Waals surface area contributed by atoms with Gasteiger partial charge in [0.05, 0.1) is 5.56 Å². The average molecular weight is 299 g/mol. The molecule has 0 saturated carbocycles. The normalized spacial score (nSPS) is 15.2. The predicted molar refractivity (Wildman–Crippen MR) is 58.4 cm³/mol. The van der Waals surface area contributed by atoms with Crippen molar-refractivity contribution >= 4 is 33.7 Å². The molecule has 2 heterocycles. The third-order valence-corrected chi connectivity index (χ3v) is 2.55. The number of nitrogens with zero attached hydrogens (tertiary/aromatic N) is 2. The number of rotatable bonds is 2. The summed E-state index contributed by atoms with van der Waals surface area (Å²) in [6.45, 7) is 0. The summed E-state index contributed by atoms with van der Waals surface area (Å²) >= 11 is 3.15. The summed E-state index contributed by atoms with van der Waals surface area (Å²) in [5.74, 6) is -1.81. The van der Waals surface area contributed by atoms with E-state index in [2.05, 4.69) is 20.9 Å². The summed E-state index contributed by atoms with van der Waals surface area (Å²) in [6, 6.07) is 1.49. The third-order valence-electron chi connectivity index (χ3n) is 2.12. The van der Waals surface area contributed by atoms with Crippen molar-refractivity contribution < 1.29 is 19.2 Å². The molecule has 0 radical (unpaired) electrons. The maximum atomic E-state index is 11.6. The highest BCUT2D eigenvalue weighted by molar-refractivity contribution is 9.10. The van der Waals surface area contributed by atoms with Gasteiger partial charge in [0.1, 0.15) is 0 Å². The number of pyridine rings is 1. The van der Waals surface area contributed by atoms with Crippen molar-refractivity contribution in [2.45, 2.75) is 12.8 Å². The molecule has 1 aromatic rings. The van der Waals surface area contributed by atoms with Gasteiger partial charge in [0.2, 0.25) is 0 Å². The van der Waals surface area contributed by atoms with Gasteiger partial charge < -0.3 is 4.84 Å². The number of imide groups is 1. The molecule has 0 spiro atoms. The fourth-order valence-electron chi connectivity index (χ4n) is 1.32. The fourth-order valence-corrected chi connectivity index (χ4v) is 1.68. The number of hydrogen-bond acceptors (Lipinski definition) is 5. The molecule has 88 valence electrons. The highest BCUT2D eigenvalue weighted by Gasteiger charge is 2.33. The van der Waals surface area contributed by atoms with E-state index >= 15 is 0 Å². The largest absolute Gasteiger partial charge is 0.365 e. The van der Waals surface area contributed by atoms with Crippen LogP contribution in [-0.4, -0.2) is 27.8 Å². The second-order valence-corrected chi connectivity index (χ2v) is 4.27. The van der Waals surface area contributed by atoms with Gasteiger partial charge >= 0.3 is 5.97 Å². The van der Waals surface area contributed by atoms with Crippen LogP contribution in [0, 0.1) is 0 Å². The van der Waals surface area contributed by atoms with Gasteiger partial charge in [-0.3, -0.25) is 14.6 Å². The molecular weight excluding hydrogens is 292 g/mol. The molecule has 2 rings (SSSR count). The summed E-state index contributed by atoms with van der Waals surface area (Å²) in [5, 5.41) is 0.503. The first-order chi connectivity index (χ1) is 8.08. The third kappa shape index (κ3) is 2.50. The Hall–Kier alpha value is -1.76. The van der Waals surface area contributed by atoms with Crippen LogP contribution in [-0.2, 0) is 14.4 Å². The lowest BCUT2D eigenvalue weighted by molar-refractivity contribution is -0.172. The molecule has 7 heteroatoms. The zero-order valence-corrected chi connectivity index (χ0v) is 10.1. The van der Waals surface area contributed by atoms with Gasteiger partial charge in [0.25, 0.3) is 11.8 Å². The lowest BCUT2D eigenvalue weighted by atomic mass is 10.3. The number of halogens is 1. The Morgan fingerprint density at radius 2 is 1.94 bits per heavy atom. The van der Waals surface area contributed by atoms with E-state index < -0.39 is 17.8 Å². The zero-order chi connectivity index (χ0) is 12.4. The Bertz CT molecular complexity index is 487. The van der Waals surface area contributed by atoms with Gasteiger partial charge in [-0.2, -0.15) is 0 Å². The van der Waals surface area contributed by atoms with Crippen molar-refractivity contribution in [1.29, 1.82) is 0 Å². The molecule has 17 heavy (non-hydrogen) atoms. The van der Waals surface area contributed by atoms with Gasteiger partial charge in [-0.25, -0.2) is 4.79 Å². The first-order valence-corrected chi connectivity index (χ1v) is 5.56. The topological polar surface area (TPSA) is 76.6 Å². The van der Waals surface area contributed by atoms with E-state index in [4.69, 9.17) is 4.84 Å². The number of hydrogen-bond donors (Lipinski definition) is 0. The molecule has 0 aromatic carbocycles. The molecule has 1 aromatic heterocycles. The van der Waals surface area contributed by atoms with Crippen molar-refractivity contribution in [3.05, 3.63) is 28.5 Å². The molecule has 1 aliphatic heterocycles. The van der Waals surface area contributed by atoms with E-state index in [1.807, 2.05) is 0 Å².